The highest BCUT2D eigenvalue weighted by Gasteiger charge is 2.22. The van der Waals surface area contributed by atoms with Gasteiger partial charge in [-0.05, 0) is 18.2 Å². The fourth-order valence-electron chi connectivity index (χ4n) is 3.75. The van der Waals surface area contributed by atoms with E-state index in [1.807, 2.05) is 32.6 Å². The van der Waals surface area contributed by atoms with Crippen LogP contribution < -0.4 is 14.4 Å². The van der Waals surface area contributed by atoms with Crippen molar-refractivity contribution >= 4 is 22.7 Å². The summed E-state index contributed by atoms with van der Waals surface area (Å²) in [5.41, 5.74) is 3.46. The molecule has 4 aromatic heterocycles. The first-order valence-corrected chi connectivity index (χ1v) is 10.8. The van der Waals surface area contributed by atoms with Crippen LogP contribution in [0.25, 0.3) is 22.4 Å². The van der Waals surface area contributed by atoms with Crippen LogP contribution in [-0.2, 0) is 20.6 Å². The van der Waals surface area contributed by atoms with Gasteiger partial charge in [0.05, 0.1) is 50.2 Å². The number of fused-ring (bicyclic) bond motifs is 1. The molecule has 0 amide bonds. The first kappa shape index (κ1) is 22.3. The smallest absolute Gasteiger partial charge is 0.188 e. The first-order valence-electron chi connectivity index (χ1n) is 10.8. The third-order valence-corrected chi connectivity index (χ3v) is 5.50. The molecule has 5 aromatic rings. The second-order valence-corrected chi connectivity index (χ2v) is 7.90. The van der Waals surface area contributed by atoms with Crippen molar-refractivity contribution in [3.05, 3.63) is 66.6 Å². The molecule has 0 fully saturated rings. The van der Waals surface area contributed by atoms with Gasteiger partial charge < -0.3 is 14.4 Å². The standard InChI is InChI=1S/C24H23FN8O2/c1-31-8-7-16(30-31)14-33(20-9-17(34-3)10-21(35-4)23(20)25)22-6-5-18-24(29-22)28-19(12-26-18)15-11-27-32(2)13-15/h5-13H,14H2,1-4H3. The topological polar surface area (TPSA) is 96.0 Å². The van der Waals surface area contributed by atoms with Gasteiger partial charge in [-0.15, -0.1) is 0 Å². The molecule has 1 aromatic carbocycles. The number of methoxy groups -OCH3 is 2. The van der Waals surface area contributed by atoms with E-state index in [9.17, 15) is 0 Å². The minimum absolute atomic E-state index is 0.0600. The van der Waals surface area contributed by atoms with E-state index in [4.69, 9.17) is 14.5 Å². The average molecular weight is 475 g/mol. The molecule has 35 heavy (non-hydrogen) atoms. The highest BCUT2D eigenvalue weighted by molar-refractivity contribution is 5.77. The molecule has 0 aliphatic carbocycles. The summed E-state index contributed by atoms with van der Waals surface area (Å²) in [7, 11) is 6.59. The van der Waals surface area contributed by atoms with Gasteiger partial charge in [0.25, 0.3) is 0 Å². The molecule has 0 spiro atoms. The lowest BCUT2D eigenvalue weighted by Gasteiger charge is -2.25. The number of anilines is 2. The van der Waals surface area contributed by atoms with Crippen molar-refractivity contribution in [2.45, 2.75) is 6.54 Å². The SMILES string of the molecule is COc1cc(OC)c(F)c(N(Cc2ccn(C)n2)c2ccc3ncc(-c4cnn(C)c4)nc3n2)c1. The molecule has 0 N–H and O–H groups in total. The number of pyridine rings is 1. The first-order chi connectivity index (χ1) is 16.9. The molecule has 178 valence electrons. The van der Waals surface area contributed by atoms with Gasteiger partial charge >= 0.3 is 0 Å². The van der Waals surface area contributed by atoms with E-state index in [0.29, 0.717) is 28.4 Å². The van der Waals surface area contributed by atoms with E-state index in [0.717, 1.165) is 11.3 Å². The van der Waals surface area contributed by atoms with Crippen LogP contribution in [-0.4, -0.2) is 48.7 Å². The van der Waals surface area contributed by atoms with E-state index in [1.165, 1.54) is 20.3 Å². The van der Waals surface area contributed by atoms with Crippen LogP contribution in [0.5, 0.6) is 11.5 Å². The molecule has 0 saturated carbocycles. The van der Waals surface area contributed by atoms with Crippen molar-refractivity contribution < 1.29 is 13.9 Å². The van der Waals surface area contributed by atoms with Gasteiger partial charge in [0.15, 0.2) is 17.2 Å². The molecule has 0 aliphatic heterocycles. The molecule has 11 heteroatoms. The van der Waals surface area contributed by atoms with Crippen molar-refractivity contribution in [2.24, 2.45) is 14.1 Å². The minimum atomic E-state index is -0.540. The minimum Gasteiger partial charge on any atom is -0.497 e. The Bertz CT molecular complexity index is 1510. The summed E-state index contributed by atoms with van der Waals surface area (Å²) in [5.74, 6) is 0.435. The normalized spacial score (nSPS) is 11.1. The molecule has 4 heterocycles. The van der Waals surface area contributed by atoms with Crippen LogP contribution >= 0.6 is 0 Å². The van der Waals surface area contributed by atoms with Gasteiger partial charge in [0.1, 0.15) is 17.1 Å². The largest absolute Gasteiger partial charge is 0.497 e. The van der Waals surface area contributed by atoms with E-state index in [2.05, 4.69) is 20.2 Å². The Morgan fingerprint density at radius 1 is 1.00 bits per heavy atom. The molecule has 0 bridgehead atoms. The number of benzene rings is 1. The summed E-state index contributed by atoms with van der Waals surface area (Å²) >= 11 is 0. The number of hydrogen-bond acceptors (Lipinski definition) is 8. The number of halogens is 1. The van der Waals surface area contributed by atoms with E-state index < -0.39 is 5.82 Å². The maximum absolute atomic E-state index is 15.5. The van der Waals surface area contributed by atoms with Crippen molar-refractivity contribution in [1.29, 1.82) is 0 Å². The van der Waals surface area contributed by atoms with E-state index in [-0.39, 0.29) is 18.0 Å². The molecular weight excluding hydrogens is 451 g/mol. The molecule has 0 atom stereocenters. The lowest BCUT2D eigenvalue weighted by Crippen LogP contribution is -2.20. The Balaban J connectivity index is 1.65. The molecular formula is C24H23FN8O2. The van der Waals surface area contributed by atoms with Gasteiger partial charge in [0.2, 0.25) is 0 Å². The van der Waals surface area contributed by atoms with Crippen molar-refractivity contribution in [1.82, 2.24) is 34.5 Å². The number of aromatic nitrogens is 7. The zero-order valence-electron chi connectivity index (χ0n) is 19.7. The lowest BCUT2D eigenvalue weighted by molar-refractivity contribution is 0.374. The zero-order valence-corrected chi connectivity index (χ0v) is 19.7. The van der Waals surface area contributed by atoms with Crippen molar-refractivity contribution in [3.63, 3.8) is 0 Å². The highest BCUT2D eigenvalue weighted by atomic mass is 19.1. The zero-order chi connectivity index (χ0) is 24.5. The van der Waals surface area contributed by atoms with Gasteiger partial charge in [0, 0.05) is 44.2 Å². The number of nitrogens with zero attached hydrogens (tertiary/aromatic N) is 8. The number of aryl methyl sites for hydroxylation is 2. The van der Waals surface area contributed by atoms with Crippen molar-refractivity contribution in [2.75, 3.05) is 19.1 Å². The summed E-state index contributed by atoms with van der Waals surface area (Å²) in [6.07, 6.45) is 7.07. The number of ether oxygens (including phenoxy) is 2. The predicted molar refractivity (Wildman–Crippen MR) is 128 cm³/mol. The van der Waals surface area contributed by atoms with Gasteiger partial charge in [-0.25, -0.2) is 14.4 Å². The average Bonchev–Trinajstić information content (AvgIpc) is 3.50. The van der Waals surface area contributed by atoms with Crippen LogP contribution in [0.4, 0.5) is 15.9 Å². The highest BCUT2D eigenvalue weighted by Crippen LogP contribution is 2.37. The van der Waals surface area contributed by atoms with E-state index >= 15 is 4.39 Å². The molecule has 0 unspecified atom stereocenters. The molecule has 5 rings (SSSR count). The van der Waals surface area contributed by atoms with Crippen LogP contribution in [0.3, 0.4) is 0 Å². The van der Waals surface area contributed by atoms with Gasteiger partial charge in [-0.3, -0.25) is 14.3 Å². The Morgan fingerprint density at radius 3 is 2.54 bits per heavy atom. The second kappa shape index (κ2) is 9.01. The molecule has 0 aliphatic rings. The van der Waals surface area contributed by atoms with Crippen LogP contribution in [0.2, 0.25) is 0 Å². The Morgan fingerprint density at radius 2 is 1.86 bits per heavy atom. The summed E-state index contributed by atoms with van der Waals surface area (Å²) < 4.78 is 29.5. The lowest BCUT2D eigenvalue weighted by atomic mass is 10.2. The van der Waals surface area contributed by atoms with Gasteiger partial charge in [-0.2, -0.15) is 10.2 Å². The maximum Gasteiger partial charge on any atom is 0.188 e. The molecule has 0 radical (unpaired) electrons. The summed E-state index contributed by atoms with van der Waals surface area (Å²) in [6.45, 7) is 0.252. The quantitative estimate of drug-likeness (QED) is 0.353. The second-order valence-electron chi connectivity index (χ2n) is 7.90. The summed E-state index contributed by atoms with van der Waals surface area (Å²) in [4.78, 5) is 15.6. The van der Waals surface area contributed by atoms with Crippen LogP contribution in [0.15, 0.2) is 55.1 Å². The summed E-state index contributed by atoms with van der Waals surface area (Å²) in [5, 5.41) is 8.66. The number of rotatable bonds is 7. The van der Waals surface area contributed by atoms with Crippen molar-refractivity contribution in [3.8, 4) is 22.8 Å². The van der Waals surface area contributed by atoms with Crippen LogP contribution in [0.1, 0.15) is 5.69 Å². The fraction of sp³-hybridized carbons (Fsp3) is 0.208. The molecule has 10 nitrogen and oxygen atoms in total. The van der Waals surface area contributed by atoms with Gasteiger partial charge in [-0.1, -0.05) is 0 Å². The third-order valence-electron chi connectivity index (χ3n) is 5.50. The number of hydrogen-bond donors (Lipinski definition) is 0. The summed E-state index contributed by atoms with van der Waals surface area (Å²) in [6, 6.07) is 8.54. The predicted octanol–water partition coefficient (Wildman–Crippen LogP) is 3.65. The van der Waals surface area contributed by atoms with E-state index in [1.54, 1.807) is 44.9 Å². The Kier molecular flexibility index (Phi) is 5.73. The fourth-order valence-corrected chi connectivity index (χ4v) is 3.75. The maximum atomic E-state index is 15.5. The van der Waals surface area contributed by atoms with Crippen LogP contribution in [0, 0.1) is 5.82 Å². The monoisotopic (exact) mass is 474 g/mol. The Hall–Kier alpha value is -4.54. The third kappa shape index (κ3) is 4.35. The Labute approximate surface area is 200 Å². The molecule has 0 saturated heterocycles.